The molecule has 3 aromatic carbocycles. The number of anilines is 1. The van der Waals surface area contributed by atoms with E-state index in [0.717, 1.165) is 29.7 Å². The average Bonchev–Trinajstić information content (AvgIpc) is 2.74. The summed E-state index contributed by atoms with van der Waals surface area (Å²) in [5.41, 5.74) is 2.82. The molecule has 1 heterocycles. The summed E-state index contributed by atoms with van der Waals surface area (Å²) >= 11 is 1.44. The van der Waals surface area contributed by atoms with E-state index in [1.807, 2.05) is 48.5 Å². The van der Waals surface area contributed by atoms with Gasteiger partial charge in [0, 0.05) is 17.7 Å². The molecule has 4 aromatic rings. The van der Waals surface area contributed by atoms with Crippen LogP contribution in [0.4, 0.5) is 10.2 Å². The molecule has 0 amide bonds. The van der Waals surface area contributed by atoms with Crippen LogP contribution in [0.25, 0.3) is 10.9 Å². The predicted octanol–water partition coefficient (Wildman–Crippen LogP) is 5.72. The van der Waals surface area contributed by atoms with Crippen LogP contribution in [0.1, 0.15) is 11.1 Å². The number of benzene rings is 3. The molecule has 0 saturated carbocycles. The third kappa shape index (κ3) is 4.49. The number of fused-ring (bicyclic) bond motifs is 1. The Morgan fingerprint density at radius 1 is 0.821 bits per heavy atom. The number of para-hydroxylation sites is 1. The van der Waals surface area contributed by atoms with Crippen molar-refractivity contribution in [3.63, 3.8) is 0 Å². The monoisotopic (exact) mass is 389 g/mol. The Bertz CT molecular complexity index is 1070. The number of hydrogen-bond donors (Lipinski definition) is 1. The minimum absolute atomic E-state index is 0.197. The van der Waals surface area contributed by atoms with Gasteiger partial charge >= 0.3 is 0 Å². The fourth-order valence-corrected chi connectivity index (χ4v) is 3.82. The average molecular weight is 389 g/mol. The maximum atomic E-state index is 13.9. The van der Waals surface area contributed by atoms with Gasteiger partial charge in [-0.05, 0) is 35.7 Å². The van der Waals surface area contributed by atoms with Crippen molar-refractivity contribution in [3.05, 3.63) is 95.8 Å². The lowest BCUT2D eigenvalue weighted by Gasteiger charge is -2.11. The lowest BCUT2D eigenvalue weighted by Crippen LogP contribution is -2.08. The highest BCUT2D eigenvalue weighted by molar-refractivity contribution is 7.98. The Kier molecular flexibility index (Phi) is 5.83. The van der Waals surface area contributed by atoms with Gasteiger partial charge in [0.2, 0.25) is 0 Å². The summed E-state index contributed by atoms with van der Waals surface area (Å²) in [5.74, 6) is 1.11. The van der Waals surface area contributed by atoms with Crippen molar-refractivity contribution < 1.29 is 4.39 Å². The maximum Gasteiger partial charge on any atom is 0.190 e. The fourth-order valence-electron chi connectivity index (χ4n) is 2.98. The molecule has 0 aliphatic heterocycles. The summed E-state index contributed by atoms with van der Waals surface area (Å²) < 4.78 is 13.9. The molecule has 0 unspecified atom stereocenters. The zero-order chi connectivity index (χ0) is 19.2. The number of thioether (sulfide) groups is 1. The molecule has 0 bridgehead atoms. The summed E-state index contributed by atoms with van der Waals surface area (Å²) in [6, 6.07) is 25.1. The predicted molar refractivity (Wildman–Crippen MR) is 114 cm³/mol. The van der Waals surface area contributed by atoms with Gasteiger partial charge in [-0.3, -0.25) is 0 Å². The molecule has 5 heteroatoms. The zero-order valence-electron chi connectivity index (χ0n) is 15.3. The number of nitrogens with zero attached hydrogens (tertiary/aromatic N) is 2. The van der Waals surface area contributed by atoms with Gasteiger partial charge in [0.15, 0.2) is 5.16 Å². The number of hydrogen-bond acceptors (Lipinski definition) is 4. The minimum Gasteiger partial charge on any atom is -0.369 e. The van der Waals surface area contributed by atoms with Gasteiger partial charge in [0.1, 0.15) is 11.6 Å². The molecule has 1 N–H and O–H groups in total. The standard InChI is InChI=1S/C23H20FN3S/c24-20-12-6-4-10-18(20)16-28-23-26-21-13-7-5-11-19(21)22(27-23)25-15-14-17-8-2-1-3-9-17/h1-13H,14-16H2,(H,25,26,27). The largest absolute Gasteiger partial charge is 0.369 e. The topological polar surface area (TPSA) is 37.8 Å². The van der Waals surface area contributed by atoms with Crippen LogP contribution in [0.2, 0.25) is 0 Å². The minimum atomic E-state index is -0.197. The van der Waals surface area contributed by atoms with Gasteiger partial charge in [-0.2, -0.15) is 0 Å². The van der Waals surface area contributed by atoms with Crippen molar-refractivity contribution in [2.45, 2.75) is 17.3 Å². The normalized spacial score (nSPS) is 10.9. The van der Waals surface area contributed by atoms with E-state index in [1.165, 1.54) is 23.4 Å². The SMILES string of the molecule is Fc1ccccc1CSc1nc(NCCc2ccccc2)c2ccccc2n1. The second-order valence-corrected chi connectivity index (χ2v) is 7.36. The van der Waals surface area contributed by atoms with Gasteiger partial charge in [0.25, 0.3) is 0 Å². The molecule has 0 radical (unpaired) electrons. The Morgan fingerprint density at radius 3 is 2.43 bits per heavy atom. The number of aromatic nitrogens is 2. The highest BCUT2D eigenvalue weighted by Gasteiger charge is 2.09. The van der Waals surface area contributed by atoms with Crippen LogP contribution in [0, 0.1) is 5.82 Å². The first-order valence-electron chi connectivity index (χ1n) is 9.20. The van der Waals surface area contributed by atoms with Crippen molar-refractivity contribution >= 4 is 28.5 Å². The second-order valence-electron chi connectivity index (χ2n) is 6.41. The lowest BCUT2D eigenvalue weighted by molar-refractivity contribution is 0.617. The molecule has 0 spiro atoms. The first-order chi connectivity index (χ1) is 13.8. The van der Waals surface area contributed by atoms with Crippen LogP contribution in [0.3, 0.4) is 0 Å². The Hall–Kier alpha value is -2.92. The highest BCUT2D eigenvalue weighted by atomic mass is 32.2. The van der Waals surface area contributed by atoms with E-state index in [0.29, 0.717) is 16.5 Å². The smallest absolute Gasteiger partial charge is 0.190 e. The van der Waals surface area contributed by atoms with Crippen molar-refractivity contribution in [1.29, 1.82) is 0 Å². The van der Waals surface area contributed by atoms with Crippen LogP contribution in [0.15, 0.2) is 84.0 Å². The Morgan fingerprint density at radius 2 is 1.57 bits per heavy atom. The summed E-state index contributed by atoms with van der Waals surface area (Å²) in [4.78, 5) is 9.33. The first kappa shape index (κ1) is 18.4. The molecule has 28 heavy (non-hydrogen) atoms. The van der Waals surface area contributed by atoms with E-state index < -0.39 is 0 Å². The van der Waals surface area contributed by atoms with Crippen LogP contribution in [0.5, 0.6) is 0 Å². The molecule has 3 nitrogen and oxygen atoms in total. The van der Waals surface area contributed by atoms with E-state index in [-0.39, 0.29) is 5.82 Å². The van der Waals surface area contributed by atoms with Crippen molar-refractivity contribution in [2.24, 2.45) is 0 Å². The second kappa shape index (κ2) is 8.85. The zero-order valence-corrected chi connectivity index (χ0v) is 16.1. The van der Waals surface area contributed by atoms with Gasteiger partial charge in [0.05, 0.1) is 5.52 Å². The molecule has 0 saturated heterocycles. The molecular formula is C23H20FN3S. The van der Waals surface area contributed by atoms with Crippen molar-refractivity contribution in [2.75, 3.05) is 11.9 Å². The molecule has 4 rings (SSSR count). The lowest BCUT2D eigenvalue weighted by atomic mass is 10.1. The molecule has 0 aliphatic rings. The van der Waals surface area contributed by atoms with E-state index >= 15 is 0 Å². The van der Waals surface area contributed by atoms with Gasteiger partial charge in [-0.25, -0.2) is 14.4 Å². The Balaban J connectivity index is 1.52. The Labute approximate surface area is 168 Å². The van der Waals surface area contributed by atoms with Crippen LogP contribution in [-0.2, 0) is 12.2 Å². The number of halogens is 1. The van der Waals surface area contributed by atoms with Gasteiger partial charge in [-0.1, -0.05) is 72.4 Å². The number of nitrogens with one attached hydrogen (secondary N) is 1. The summed E-state index contributed by atoms with van der Waals surface area (Å²) in [5, 5.41) is 5.08. The highest BCUT2D eigenvalue weighted by Crippen LogP contribution is 2.27. The third-order valence-electron chi connectivity index (χ3n) is 4.45. The van der Waals surface area contributed by atoms with Crippen molar-refractivity contribution in [3.8, 4) is 0 Å². The molecule has 0 fully saturated rings. The van der Waals surface area contributed by atoms with Crippen molar-refractivity contribution in [1.82, 2.24) is 9.97 Å². The van der Waals surface area contributed by atoms with Gasteiger partial charge < -0.3 is 5.32 Å². The van der Waals surface area contributed by atoms with Crippen LogP contribution >= 0.6 is 11.8 Å². The molecule has 1 aromatic heterocycles. The maximum absolute atomic E-state index is 13.9. The van der Waals surface area contributed by atoms with E-state index in [1.54, 1.807) is 12.1 Å². The fraction of sp³-hybridized carbons (Fsp3) is 0.130. The summed E-state index contributed by atoms with van der Waals surface area (Å²) in [7, 11) is 0. The first-order valence-corrected chi connectivity index (χ1v) is 10.2. The van der Waals surface area contributed by atoms with E-state index in [9.17, 15) is 4.39 Å². The number of rotatable bonds is 7. The molecular weight excluding hydrogens is 369 g/mol. The summed E-state index contributed by atoms with van der Waals surface area (Å²) in [6.45, 7) is 0.780. The molecule has 0 atom stereocenters. The van der Waals surface area contributed by atoms with Gasteiger partial charge in [-0.15, -0.1) is 0 Å². The van der Waals surface area contributed by atoms with E-state index in [2.05, 4.69) is 22.4 Å². The quantitative estimate of drug-likeness (QED) is 0.324. The molecule has 140 valence electrons. The van der Waals surface area contributed by atoms with Crippen LogP contribution < -0.4 is 5.32 Å². The van der Waals surface area contributed by atoms with E-state index in [4.69, 9.17) is 4.98 Å². The molecule has 0 aliphatic carbocycles. The van der Waals surface area contributed by atoms with Crippen LogP contribution in [-0.4, -0.2) is 16.5 Å². The third-order valence-corrected chi connectivity index (χ3v) is 5.34. The summed E-state index contributed by atoms with van der Waals surface area (Å²) in [6.07, 6.45) is 0.914.